The van der Waals surface area contributed by atoms with E-state index in [1.807, 2.05) is 54.6 Å². The van der Waals surface area contributed by atoms with Crippen molar-refractivity contribution in [2.45, 2.75) is 24.8 Å². The molecule has 0 bridgehead atoms. The van der Waals surface area contributed by atoms with Gasteiger partial charge >= 0.3 is 0 Å². The fourth-order valence-corrected chi connectivity index (χ4v) is 4.58. The van der Waals surface area contributed by atoms with Crippen LogP contribution in [0.25, 0.3) is 0 Å². The van der Waals surface area contributed by atoms with Gasteiger partial charge in [-0.3, -0.25) is 14.9 Å². The zero-order valence-electron chi connectivity index (χ0n) is 16.7. The quantitative estimate of drug-likeness (QED) is 0.434. The second-order valence-electron chi connectivity index (χ2n) is 7.90. The summed E-state index contributed by atoms with van der Waals surface area (Å²) in [6, 6.07) is 23.8. The molecule has 0 saturated heterocycles. The van der Waals surface area contributed by atoms with Crippen LogP contribution in [0.1, 0.15) is 35.9 Å². The molecule has 2 aliphatic rings. The van der Waals surface area contributed by atoms with Crippen LogP contribution in [-0.4, -0.2) is 10.7 Å². The summed E-state index contributed by atoms with van der Waals surface area (Å²) < 4.78 is 0. The summed E-state index contributed by atoms with van der Waals surface area (Å²) in [4.78, 5) is 24.8. The van der Waals surface area contributed by atoms with Crippen LogP contribution < -0.4 is 10.6 Å². The summed E-state index contributed by atoms with van der Waals surface area (Å²) in [5.41, 5.74) is 4.69. The van der Waals surface area contributed by atoms with Crippen LogP contribution in [0.15, 0.2) is 90.1 Å². The number of para-hydroxylation sites is 3. The number of nitro groups is 1. The van der Waals surface area contributed by atoms with Crippen LogP contribution in [0.2, 0.25) is 0 Å². The van der Waals surface area contributed by atoms with Gasteiger partial charge in [-0.2, -0.15) is 0 Å². The molecule has 0 saturated carbocycles. The highest BCUT2D eigenvalue weighted by atomic mass is 16.6. The molecule has 3 aromatic carbocycles. The molecule has 0 fully saturated rings. The van der Waals surface area contributed by atoms with Gasteiger partial charge in [0.15, 0.2) is 5.78 Å². The Morgan fingerprint density at radius 1 is 0.839 bits per heavy atom. The van der Waals surface area contributed by atoms with E-state index in [-0.39, 0.29) is 22.3 Å². The Balaban J connectivity index is 1.66. The molecule has 1 aliphatic heterocycles. The average Bonchev–Trinajstić information content (AvgIpc) is 2.96. The second kappa shape index (κ2) is 7.72. The molecule has 0 radical (unpaired) electrons. The number of fused-ring (bicyclic) bond motifs is 1. The number of rotatable bonds is 3. The SMILES string of the molecule is O=C1CC(c2ccccc2)CC2=C1C(c1ccccc1[N+](=O)[O-])Nc1ccccc1N2. The number of carbonyl (C=O) groups excluding carboxylic acids is 1. The van der Waals surface area contributed by atoms with Crippen molar-refractivity contribution in [1.29, 1.82) is 0 Å². The Hall–Kier alpha value is -3.93. The number of ketones is 1. The highest BCUT2D eigenvalue weighted by molar-refractivity contribution is 6.01. The molecule has 0 spiro atoms. The molecular weight excluding hydrogens is 390 g/mol. The summed E-state index contributed by atoms with van der Waals surface area (Å²) in [6.45, 7) is 0. The van der Waals surface area contributed by atoms with Crippen molar-refractivity contribution in [2.75, 3.05) is 10.6 Å². The van der Waals surface area contributed by atoms with Crippen molar-refractivity contribution >= 4 is 22.8 Å². The zero-order valence-corrected chi connectivity index (χ0v) is 16.7. The number of nitro benzene ring substituents is 1. The predicted molar refractivity (Wildman–Crippen MR) is 120 cm³/mol. The summed E-state index contributed by atoms with van der Waals surface area (Å²) in [7, 11) is 0. The molecule has 31 heavy (non-hydrogen) atoms. The number of hydrogen-bond acceptors (Lipinski definition) is 5. The van der Waals surface area contributed by atoms with Gasteiger partial charge in [0.25, 0.3) is 5.69 Å². The average molecular weight is 411 g/mol. The molecule has 2 unspecified atom stereocenters. The van der Waals surface area contributed by atoms with Crippen molar-refractivity contribution in [2.24, 2.45) is 0 Å². The molecule has 6 nitrogen and oxygen atoms in total. The second-order valence-corrected chi connectivity index (χ2v) is 7.90. The largest absolute Gasteiger partial charge is 0.372 e. The van der Waals surface area contributed by atoms with E-state index in [2.05, 4.69) is 10.6 Å². The Kier molecular flexibility index (Phi) is 4.75. The number of allylic oxidation sites excluding steroid dienone is 1. The van der Waals surface area contributed by atoms with Crippen molar-refractivity contribution in [1.82, 2.24) is 0 Å². The normalized spacial score (nSPS) is 20.1. The fourth-order valence-electron chi connectivity index (χ4n) is 4.58. The third-order valence-corrected chi connectivity index (χ3v) is 6.02. The maximum Gasteiger partial charge on any atom is 0.275 e. The van der Waals surface area contributed by atoms with Gasteiger partial charge in [0.05, 0.1) is 27.9 Å². The number of Topliss-reactive ketones (excluding diaryl/α,β-unsaturated/α-hetero) is 1. The summed E-state index contributed by atoms with van der Waals surface area (Å²) in [6.07, 6.45) is 1.04. The molecule has 1 heterocycles. The first-order valence-corrected chi connectivity index (χ1v) is 10.3. The summed E-state index contributed by atoms with van der Waals surface area (Å²) >= 11 is 0. The Bertz CT molecular complexity index is 1200. The smallest absolute Gasteiger partial charge is 0.275 e. The Morgan fingerprint density at radius 3 is 2.29 bits per heavy atom. The van der Waals surface area contributed by atoms with E-state index in [1.54, 1.807) is 18.2 Å². The molecule has 154 valence electrons. The number of carbonyl (C=O) groups is 1. The monoisotopic (exact) mass is 411 g/mol. The lowest BCUT2D eigenvalue weighted by Crippen LogP contribution is -2.27. The number of anilines is 2. The van der Waals surface area contributed by atoms with Crippen LogP contribution in [0, 0.1) is 10.1 Å². The van der Waals surface area contributed by atoms with Crippen molar-refractivity contribution < 1.29 is 9.72 Å². The first-order valence-electron chi connectivity index (χ1n) is 10.3. The molecule has 0 amide bonds. The first kappa shape index (κ1) is 19.1. The minimum Gasteiger partial charge on any atom is -0.372 e. The third kappa shape index (κ3) is 3.46. The van der Waals surface area contributed by atoms with Gasteiger partial charge in [-0.05, 0) is 36.1 Å². The van der Waals surface area contributed by atoms with Gasteiger partial charge in [-0.25, -0.2) is 0 Å². The lowest BCUT2D eigenvalue weighted by Gasteiger charge is -2.29. The Labute approximate surface area is 179 Å². The molecule has 2 atom stereocenters. The van der Waals surface area contributed by atoms with Crippen LogP contribution >= 0.6 is 0 Å². The maximum atomic E-state index is 13.5. The lowest BCUT2D eigenvalue weighted by molar-refractivity contribution is -0.385. The lowest BCUT2D eigenvalue weighted by atomic mass is 9.78. The van der Waals surface area contributed by atoms with Crippen LogP contribution in [0.4, 0.5) is 17.1 Å². The fraction of sp³-hybridized carbons (Fsp3) is 0.160. The van der Waals surface area contributed by atoms with Gasteiger partial charge in [-0.1, -0.05) is 54.6 Å². The van der Waals surface area contributed by atoms with E-state index in [9.17, 15) is 14.9 Å². The van der Waals surface area contributed by atoms with Crippen molar-refractivity contribution in [3.63, 3.8) is 0 Å². The molecule has 5 rings (SSSR count). The maximum absolute atomic E-state index is 13.5. The molecule has 0 aromatic heterocycles. The van der Waals surface area contributed by atoms with Gasteiger partial charge in [0.1, 0.15) is 0 Å². The third-order valence-electron chi connectivity index (χ3n) is 6.02. The van der Waals surface area contributed by atoms with Crippen LogP contribution in [0.3, 0.4) is 0 Å². The number of nitrogens with zero attached hydrogens (tertiary/aromatic N) is 1. The van der Waals surface area contributed by atoms with Gasteiger partial charge in [-0.15, -0.1) is 0 Å². The van der Waals surface area contributed by atoms with E-state index in [1.165, 1.54) is 6.07 Å². The van der Waals surface area contributed by atoms with Gasteiger partial charge < -0.3 is 10.6 Å². The van der Waals surface area contributed by atoms with Crippen molar-refractivity contribution in [3.05, 3.63) is 111 Å². The molecule has 1 aliphatic carbocycles. The highest BCUT2D eigenvalue weighted by Crippen LogP contribution is 2.45. The van der Waals surface area contributed by atoms with E-state index in [4.69, 9.17) is 0 Å². The van der Waals surface area contributed by atoms with E-state index < -0.39 is 6.04 Å². The van der Waals surface area contributed by atoms with Crippen LogP contribution in [-0.2, 0) is 4.79 Å². The minimum atomic E-state index is -0.600. The molecule has 3 aromatic rings. The van der Waals surface area contributed by atoms with E-state index in [0.29, 0.717) is 24.0 Å². The van der Waals surface area contributed by atoms with Gasteiger partial charge in [0.2, 0.25) is 0 Å². The predicted octanol–water partition coefficient (Wildman–Crippen LogP) is 5.57. The number of benzene rings is 3. The standard InChI is InChI=1S/C25H21N3O3/c29-23-15-17(16-8-2-1-3-9-16)14-21-24(23)25(18-10-4-7-13-22(18)28(30)31)27-20-12-6-5-11-19(20)26-21/h1-13,17,25-27H,14-15H2. The topological polar surface area (TPSA) is 84.3 Å². The van der Waals surface area contributed by atoms with E-state index in [0.717, 1.165) is 22.6 Å². The molecular formula is C25H21N3O3. The molecule has 6 heteroatoms. The van der Waals surface area contributed by atoms with Crippen molar-refractivity contribution in [3.8, 4) is 0 Å². The van der Waals surface area contributed by atoms with E-state index >= 15 is 0 Å². The Morgan fingerprint density at radius 2 is 1.52 bits per heavy atom. The number of nitrogens with one attached hydrogen (secondary N) is 2. The summed E-state index contributed by atoms with van der Waals surface area (Å²) in [5, 5.41) is 18.6. The van der Waals surface area contributed by atoms with Gasteiger partial charge in [0, 0.05) is 23.8 Å². The molecule has 2 N–H and O–H groups in total. The zero-order chi connectivity index (χ0) is 21.4. The first-order chi connectivity index (χ1) is 15.1. The number of hydrogen-bond donors (Lipinski definition) is 2. The summed E-state index contributed by atoms with van der Waals surface area (Å²) in [5.74, 6) is 0.0719. The van der Waals surface area contributed by atoms with Crippen LogP contribution in [0.5, 0.6) is 0 Å². The minimum absolute atomic E-state index is 0.00390. The highest BCUT2D eigenvalue weighted by Gasteiger charge is 2.38.